The number of alkyl halides is 2. The van der Waals surface area contributed by atoms with Crippen LogP contribution in [-0.4, -0.2) is 70.8 Å². The van der Waals surface area contributed by atoms with Gasteiger partial charge in [0.2, 0.25) is 0 Å². The van der Waals surface area contributed by atoms with Crippen LogP contribution in [0.4, 0.5) is 14.6 Å². The van der Waals surface area contributed by atoms with Gasteiger partial charge < -0.3 is 30.1 Å². The van der Waals surface area contributed by atoms with Gasteiger partial charge in [0.15, 0.2) is 5.60 Å². The van der Waals surface area contributed by atoms with Gasteiger partial charge in [0, 0.05) is 36.8 Å². The average Bonchev–Trinajstić information content (AvgIpc) is 3.42. The van der Waals surface area contributed by atoms with Crippen molar-refractivity contribution in [2.45, 2.75) is 81.6 Å². The van der Waals surface area contributed by atoms with Crippen LogP contribution in [0.25, 0.3) is 0 Å². The highest BCUT2D eigenvalue weighted by molar-refractivity contribution is 6.36. The van der Waals surface area contributed by atoms with E-state index in [2.05, 4.69) is 20.5 Å². The molecule has 1 aromatic heterocycles. The predicted molar refractivity (Wildman–Crippen MR) is 149 cm³/mol. The van der Waals surface area contributed by atoms with Gasteiger partial charge in [-0.1, -0.05) is 23.2 Å². The fourth-order valence-electron chi connectivity index (χ4n) is 5.49. The average molecular weight is 613 g/mol. The number of carbonyl (C=O) groups is 2. The lowest BCUT2D eigenvalue weighted by molar-refractivity contribution is -0.135. The lowest BCUT2D eigenvalue weighted by Crippen LogP contribution is -2.55. The lowest BCUT2D eigenvalue weighted by atomic mass is 9.96. The predicted octanol–water partition coefficient (Wildman–Crippen LogP) is 4.37. The van der Waals surface area contributed by atoms with Crippen molar-refractivity contribution in [3.8, 4) is 11.5 Å². The van der Waals surface area contributed by atoms with E-state index in [-0.39, 0.29) is 70.8 Å². The van der Waals surface area contributed by atoms with Crippen molar-refractivity contribution < 1.29 is 33.0 Å². The van der Waals surface area contributed by atoms with E-state index in [4.69, 9.17) is 37.8 Å². The molecule has 9 nitrogen and oxygen atoms in total. The maximum Gasteiger partial charge on any atom is 0.270 e. The molecular formula is C28H32Cl2F2N4O5. The quantitative estimate of drug-likeness (QED) is 0.365. The summed E-state index contributed by atoms with van der Waals surface area (Å²) in [4.78, 5) is 32.3. The Labute approximate surface area is 246 Å². The molecule has 3 heterocycles. The first-order valence-electron chi connectivity index (χ1n) is 13.5. The largest absolute Gasteiger partial charge is 0.489 e. The SMILES string of the molecule is CC(C)(Oc1cc(OCCO)c(Cl)cc1Cl)C(=O)N[C@H]1C[C@H]2CC[C@@H](C1)N2c1ccc(C(=O)NC2CC2(F)F)cn1. The molecule has 2 amide bonds. The van der Waals surface area contributed by atoms with Gasteiger partial charge in [-0.05, 0) is 57.7 Å². The summed E-state index contributed by atoms with van der Waals surface area (Å²) in [6.07, 6.45) is 4.38. The number of hydrogen-bond donors (Lipinski definition) is 3. The summed E-state index contributed by atoms with van der Waals surface area (Å²) in [5.41, 5.74) is -1.02. The highest BCUT2D eigenvalue weighted by Gasteiger charge is 2.58. The van der Waals surface area contributed by atoms with Gasteiger partial charge in [-0.15, -0.1) is 0 Å². The van der Waals surface area contributed by atoms with Crippen LogP contribution in [0.2, 0.25) is 10.0 Å². The zero-order chi connectivity index (χ0) is 29.5. The van der Waals surface area contributed by atoms with E-state index in [1.165, 1.54) is 18.3 Å². The number of nitrogens with one attached hydrogen (secondary N) is 2. The molecule has 13 heteroatoms. The first kappa shape index (κ1) is 29.6. The van der Waals surface area contributed by atoms with E-state index in [0.717, 1.165) is 18.7 Å². The Morgan fingerprint density at radius 1 is 1.12 bits per heavy atom. The molecule has 4 atom stereocenters. The maximum atomic E-state index is 13.3. The third-order valence-corrected chi connectivity index (χ3v) is 8.31. The highest BCUT2D eigenvalue weighted by atomic mass is 35.5. The number of ether oxygens (including phenoxy) is 2. The number of nitrogens with zero attached hydrogens (tertiary/aromatic N) is 2. The molecule has 3 N–H and O–H groups in total. The van der Waals surface area contributed by atoms with Crippen molar-refractivity contribution in [3.63, 3.8) is 0 Å². The zero-order valence-electron chi connectivity index (χ0n) is 22.6. The molecule has 2 aromatic rings. The minimum absolute atomic E-state index is 0.0443. The van der Waals surface area contributed by atoms with Crippen LogP contribution in [0.15, 0.2) is 30.5 Å². The van der Waals surface area contributed by atoms with Crippen molar-refractivity contribution in [2.75, 3.05) is 18.1 Å². The number of piperidine rings is 1. The summed E-state index contributed by atoms with van der Waals surface area (Å²) in [5.74, 6) is -2.45. The molecule has 222 valence electrons. The van der Waals surface area contributed by atoms with Crippen molar-refractivity contribution in [2.24, 2.45) is 0 Å². The standard InChI is InChI=1S/C28H32Cl2F2N4O5/c1-27(2,41-22-12-21(40-8-7-37)19(29)11-20(22)30)26(39)34-16-9-17-4-5-18(10-16)36(17)24-6-3-15(14-33-24)25(38)35-23-13-28(23,31)32/h3,6,11-12,14,16-18,23,37H,4-5,7-10,13H2,1-2H3,(H,34,39)(H,35,38)/t16-,17+,18-,23?. The molecule has 1 saturated carbocycles. The molecule has 2 saturated heterocycles. The molecule has 5 rings (SSSR count). The zero-order valence-corrected chi connectivity index (χ0v) is 24.1. The molecule has 3 fully saturated rings. The molecule has 1 aromatic carbocycles. The van der Waals surface area contributed by atoms with E-state index in [1.54, 1.807) is 26.0 Å². The fourth-order valence-corrected chi connectivity index (χ4v) is 5.97. The summed E-state index contributed by atoms with van der Waals surface area (Å²) < 4.78 is 37.7. The van der Waals surface area contributed by atoms with Gasteiger partial charge in [0.05, 0.1) is 28.3 Å². The van der Waals surface area contributed by atoms with E-state index < -0.39 is 23.5 Å². The molecule has 3 aliphatic rings. The Balaban J connectivity index is 1.18. The summed E-state index contributed by atoms with van der Waals surface area (Å²) in [5, 5.41) is 15.0. The summed E-state index contributed by atoms with van der Waals surface area (Å²) in [6, 6.07) is 5.43. The topological polar surface area (TPSA) is 113 Å². The number of hydrogen-bond acceptors (Lipinski definition) is 7. The number of amides is 2. The van der Waals surface area contributed by atoms with Crippen LogP contribution in [0.5, 0.6) is 11.5 Å². The smallest absolute Gasteiger partial charge is 0.270 e. The number of aliphatic hydroxyl groups is 1. The Bertz CT molecular complexity index is 1300. The van der Waals surface area contributed by atoms with E-state index in [0.29, 0.717) is 12.8 Å². The summed E-state index contributed by atoms with van der Waals surface area (Å²) >= 11 is 12.5. The summed E-state index contributed by atoms with van der Waals surface area (Å²) in [7, 11) is 0. The van der Waals surface area contributed by atoms with Crippen LogP contribution < -0.4 is 25.0 Å². The van der Waals surface area contributed by atoms with Crippen LogP contribution in [0, 0.1) is 0 Å². The van der Waals surface area contributed by atoms with Gasteiger partial charge in [0.25, 0.3) is 17.7 Å². The second-order valence-corrected chi connectivity index (χ2v) is 12.0. The first-order valence-corrected chi connectivity index (χ1v) is 14.3. The molecule has 0 radical (unpaired) electrons. The van der Waals surface area contributed by atoms with Crippen LogP contribution >= 0.6 is 23.2 Å². The summed E-state index contributed by atoms with van der Waals surface area (Å²) in [6.45, 7) is 3.16. The molecule has 1 unspecified atom stereocenters. The number of benzene rings is 1. The van der Waals surface area contributed by atoms with Crippen molar-refractivity contribution in [1.82, 2.24) is 15.6 Å². The molecule has 1 aliphatic carbocycles. The number of halogens is 4. The van der Waals surface area contributed by atoms with E-state index in [1.807, 2.05) is 0 Å². The van der Waals surface area contributed by atoms with Gasteiger partial charge in [0.1, 0.15) is 23.9 Å². The van der Waals surface area contributed by atoms with E-state index >= 15 is 0 Å². The second-order valence-electron chi connectivity index (χ2n) is 11.2. The van der Waals surface area contributed by atoms with E-state index in [9.17, 15) is 18.4 Å². The van der Waals surface area contributed by atoms with Gasteiger partial charge in [-0.3, -0.25) is 9.59 Å². The van der Waals surface area contributed by atoms with Gasteiger partial charge >= 0.3 is 0 Å². The molecule has 0 spiro atoms. The first-order chi connectivity index (χ1) is 19.4. The Morgan fingerprint density at radius 3 is 2.37 bits per heavy atom. The Morgan fingerprint density at radius 2 is 1.78 bits per heavy atom. The van der Waals surface area contributed by atoms with Crippen LogP contribution in [-0.2, 0) is 4.79 Å². The highest BCUT2D eigenvalue weighted by Crippen LogP contribution is 2.42. The number of rotatable bonds is 10. The third-order valence-electron chi connectivity index (χ3n) is 7.72. The number of pyridine rings is 1. The molecule has 41 heavy (non-hydrogen) atoms. The van der Waals surface area contributed by atoms with Crippen molar-refractivity contribution in [1.29, 1.82) is 0 Å². The molecule has 2 bridgehead atoms. The van der Waals surface area contributed by atoms with Crippen LogP contribution in [0.3, 0.4) is 0 Å². The molecular weight excluding hydrogens is 581 g/mol. The van der Waals surface area contributed by atoms with Crippen molar-refractivity contribution >= 4 is 40.8 Å². The number of anilines is 1. The minimum atomic E-state index is -2.83. The Hall–Kier alpha value is -2.89. The number of aromatic nitrogens is 1. The monoisotopic (exact) mass is 612 g/mol. The van der Waals surface area contributed by atoms with Crippen molar-refractivity contribution in [3.05, 3.63) is 46.1 Å². The fraction of sp³-hybridized carbons (Fsp3) is 0.536. The van der Waals surface area contributed by atoms with Gasteiger partial charge in [-0.2, -0.15) is 0 Å². The van der Waals surface area contributed by atoms with Gasteiger partial charge in [-0.25, -0.2) is 13.8 Å². The molecule has 2 aliphatic heterocycles. The Kier molecular flexibility index (Phi) is 8.24. The number of fused-ring (bicyclic) bond motifs is 2. The third kappa shape index (κ3) is 6.47. The number of aliphatic hydroxyl groups excluding tert-OH is 1. The number of carbonyl (C=O) groups excluding carboxylic acids is 2. The normalized spacial score (nSPS) is 24.5. The minimum Gasteiger partial charge on any atom is -0.489 e. The lowest BCUT2D eigenvalue weighted by Gasteiger charge is -2.40. The maximum absolute atomic E-state index is 13.3. The second kappa shape index (κ2) is 11.4. The van der Waals surface area contributed by atoms with Crippen LogP contribution in [0.1, 0.15) is 56.3 Å².